The average Bonchev–Trinajstić information content (AvgIpc) is 2.72. The van der Waals surface area contributed by atoms with E-state index < -0.39 is 5.60 Å². The highest BCUT2D eigenvalue weighted by molar-refractivity contribution is 5.87. The highest BCUT2D eigenvalue weighted by Gasteiger charge is 2.29. The molecule has 5 nitrogen and oxygen atoms in total. The van der Waals surface area contributed by atoms with Crippen LogP contribution in [-0.2, 0) is 9.53 Å². The molecule has 0 saturated heterocycles. The lowest BCUT2D eigenvalue weighted by molar-refractivity contribution is -0.139. The zero-order chi connectivity index (χ0) is 22.4. The molecule has 3 rings (SSSR count). The van der Waals surface area contributed by atoms with Crippen molar-refractivity contribution in [2.45, 2.75) is 59.0 Å². The van der Waals surface area contributed by atoms with Crippen molar-refractivity contribution < 1.29 is 18.7 Å². The van der Waals surface area contributed by atoms with Gasteiger partial charge >= 0.3 is 11.6 Å². The van der Waals surface area contributed by atoms with Gasteiger partial charge in [0.2, 0.25) is 0 Å². The van der Waals surface area contributed by atoms with E-state index in [1.807, 2.05) is 44.2 Å². The van der Waals surface area contributed by atoms with Gasteiger partial charge in [-0.1, -0.05) is 29.9 Å². The molecule has 0 bridgehead atoms. The maximum atomic E-state index is 12.3. The molecule has 0 fully saturated rings. The molecule has 1 aliphatic heterocycles. The minimum atomic E-state index is -0.485. The number of para-hydroxylation sites is 1. The van der Waals surface area contributed by atoms with Gasteiger partial charge in [-0.2, -0.15) is 0 Å². The van der Waals surface area contributed by atoms with Gasteiger partial charge in [0.05, 0.1) is 5.39 Å². The maximum Gasteiger partial charge on any atom is 0.347 e. The van der Waals surface area contributed by atoms with Gasteiger partial charge in [-0.3, -0.25) is 4.79 Å². The third-order valence-corrected chi connectivity index (χ3v) is 5.40. The van der Waals surface area contributed by atoms with Crippen LogP contribution in [-0.4, -0.2) is 18.2 Å². The van der Waals surface area contributed by atoms with Crippen molar-refractivity contribution in [3.8, 4) is 5.75 Å². The van der Waals surface area contributed by atoms with Crippen LogP contribution in [0.5, 0.6) is 5.75 Å². The Hall–Kier alpha value is -3.08. The Bertz CT molecular complexity index is 1100. The highest BCUT2D eigenvalue weighted by atomic mass is 16.5. The van der Waals surface area contributed by atoms with E-state index in [2.05, 4.69) is 19.1 Å². The number of ether oxygens (including phenoxy) is 2. The van der Waals surface area contributed by atoms with E-state index in [1.165, 1.54) is 12.5 Å². The molecule has 1 aromatic carbocycles. The van der Waals surface area contributed by atoms with E-state index >= 15 is 0 Å². The van der Waals surface area contributed by atoms with Gasteiger partial charge in [-0.05, 0) is 76.3 Å². The topological polar surface area (TPSA) is 65.7 Å². The zero-order valence-corrected chi connectivity index (χ0v) is 18.7. The summed E-state index contributed by atoms with van der Waals surface area (Å²) < 4.78 is 16.7. The van der Waals surface area contributed by atoms with Crippen LogP contribution < -0.4 is 10.4 Å². The first-order valence-corrected chi connectivity index (χ1v) is 10.7. The van der Waals surface area contributed by atoms with Gasteiger partial charge in [0, 0.05) is 6.92 Å². The Labute approximate surface area is 183 Å². The number of carbonyl (C=O) groups is 1. The predicted molar refractivity (Wildman–Crippen MR) is 123 cm³/mol. The summed E-state index contributed by atoms with van der Waals surface area (Å²) in [6, 6.07) is 7.45. The minimum Gasteiger partial charge on any atom is -0.482 e. The van der Waals surface area contributed by atoms with Crippen LogP contribution in [0.4, 0.5) is 0 Å². The fraction of sp³-hybridized carbons (Fsp3) is 0.385. The summed E-state index contributed by atoms with van der Waals surface area (Å²) in [4.78, 5) is 23.1. The van der Waals surface area contributed by atoms with Crippen LogP contribution in [0.2, 0.25) is 0 Å². The number of fused-ring (bicyclic) bond motifs is 3. The number of hydrogen-bond acceptors (Lipinski definition) is 5. The van der Waals surface area contributed by atoms with Gasteiger partial charge < -0.3 is 13.9 Å². The molecule has 0 aliphatic carbocycles. The second-order valence-electron chi connectivity index (χ2n) is 8.34. The Kier molecular flexibility index (Phi) is 7.16. The van der Waals surface area contributed by atoms with Crippen molar-refractivity contribution in [1.82, 2.24) is 0 Å². The zero-order valence-electron chi connectivity index (χ0n) is 18.7. The fourth-order valence-corrected chi connectivity index (χ4v) is 3.58. The molecule has 0 amide bonds. The van der Waals surface area contributed by atoms with Crippen LogP contribution in [0, 0.1) is 0 Å². The monoisotopic (exact) mass is 422 g/mol. The van der Waals surface area contributed by atoms with Crippen molar-refractivity contribution in [2.75, 3.05) is 6.61 Å². The molecule has 1 atom stereocenters. The van der Waals surface area contributed by atoms with Crippen molar-refractivity contribution in [3.63, 3.8) is 0 Å². The van der Waals surface area contributed by atoms with Crippen LogP contribution >= 0.6 is 0 Å². The van der Waals surface area contributed by atoms with E-state index in [0.717, 1.165) is 36.6 Å². The summed E-state index contributed by atoms with van der Waals surface area (Å²) in [6.45, 7) is 7.91. The molecule has 164 valence electrons. The molecule has 0 N–H and O–H groups in total. The lowest BCUT2D eigenvalue weighted by atomic mass is 9.94. The average molecular weight is 423 g/mol. The Morgan fingerprint density at radius 2 is 1.84 bits per heavy atom. The van der Waals surface area contributed by atoms with Crippen molar-refractivity contribution >= 4 is 23.0 Å². The Balaban J connectivity index is 1.59. The summed E-state index contributed by atoms with van der Waals surface area (Å²) in [7, 11) is 0. The second kappa shape index (κ2) is 9.82. The molecule has 31 heavy (non-hydrogen) atoms. The van der Waals surface area contributed by atoms with Gasteiger partial charge in [0.15, 0.2) is 0 Å². The molecule has 0 saturated carbocycles. The Morgan fingerprint density at radius 1 is 1.10 bits per heavy atom. The normalized spacial score (nSPS) is 18.6. The predicted octanol–water partition coefficient (Wildman–Crippen LogP) is 5.97. The second-order valence-corrected chi connectivity index (χ2v) is 8.34. The molecule has 1 unspecified atom stereocenters. The maximum absolute atomic E-state index is 12.3. The van der Waals surface area contributed by atoms with Crippen molar-refractivity contribution in [3.05, 3.63) is 69.6 Å². The van der Waals surface area contributed by atoms with E-state index in [4.69, 9.17) is 13.9 Å². The number of rotatable bonds is 8. The summed E-state index contributed by atoms with van der Waals surface area (Å²) in [5.41, 5.74) is 2.52. The number of carbonyl (C=O) groups excluding carboxylic acids is 1. The molecular formula is C26H30O5. The number of benzene rings is 1. The number of esters is 1. The van der Waals surface area contributed by atoms with E-state index in [0.29, 0.717) is 23.5 Å². The van der Waals surface area contributed by atoms with Crippen LogP contribution in [0.1, 0.15) is 58.9 Å². The van der Waals surface area contributed by atoms with Gasteiger partial charge in [-0.15, -0.1) is 0 Å². The first-order chi connectivity index (χ1) is 14.8. The fourth-order valence-electron chi connectivity index (χ4n) is 3.58. The van der Waals surface area contributed by atoms with Gasteiger partial charge in [0.1, 0.15) is 29.1 Å². The van der Waals surface area contributed by atoms with Crippen LogP contribution in [0.3, 0.4) is 0 Å². The Morgan fingerprint density at radius 3 is 2.61 bits per heavy atom. The largest absolute Gasteiger partial charge is 0.482 e. The molecule has 1 aromatic heterocycles. The first kappa shape index (κ1) is 22.6. The van der Waals surface area contributed by atoms with Gasteiger partial charge in [0.25, 0.3) is 0 Å². The quantitative estimate of drug-likeness (QED) is 0.298. The molecular weight excluding hydrogens is 392 g/mol. The van der Waals surface area contributed by atoms with E-state index in [-0.39, 0.29) is 11.6 Å². The molecule has 0 radical (unpaired) electrons. The molecule has 2 heterocycles. The number of allylic oxidation sites excluding steroid dienone is 3. The third kappa shape index (κ3) is 5.97. The summed E-state index contributed by atoms with van der Waals surface area (Å²) in [5, 5.41) is 0.815. The van der Waals surface area contributed by atoms with E-state index in [9.17, 15) is 9.59 Å². The minimum absolute atomic E-state index is 0.257. The smallest absolute Gasteiger partial charge is 0.347 e. The summed E-state index contributed by atoms with van der Waals surface area (Å²) in [5.74, 6) is 0.346. The van der Waals surface area contributed by atoms with Gasteiger partial charge in [-0.25, -0.2) is 4.79 Å². The molecule has 5 heteroatoms. The number of hydrogen-bond donors (Lipinski definition) is 0. The standard InChI is InChI=1S/C26H30O5/c1-18(9-7-10-19(2)17-29-20(3)27)11-8-15-26(4)16-14-22-24(31-26)21-12-5-6-13-23(21)30-25(22)28/h5-6,10-14,16H,7-9,15,17H2,1-4H3/b18-11+,19-10-. The lowest BCUT2D eigenvalue weighted by Gasteiger charge is -2.31. The van der Waals surface area contributed by atoms with Crippen LogP contribution in [0.25, 0.3) is 17.0 Å². The van der Waals surface area contributed by atoms with Crippen molar-refractivity contribution in [2.24, 2.45) is 0 Å². The molecule has 1 aliphatic rings. The summed E-state index contributed by atoms with van der Waals surface area (Å²) >= 11 is 0. The van der Waals surface area contributed by atoms with Crippen LogP contribution in [0.15, 0.2) is 62.9 Å². The van der Waals surface area contributed by atoms with E-state index in [1.54, 1.807) is 6.07 Å². The van der Waals surface area contributed by atoms with Crippen molar-refractivity contribution in [1.29, 1.82) is 0 Å². The third-order valence-electron chi connectivity index (χ3n) is 5.40. The molecule has 0 spiro atoms. The first-order valence-electron chi connectivity index (χ1n) is 10.7. The summed E-state index contributed by atoms with van der Waals surface area (Å²) in [6.07, 6.45) is 11.7. The SMILES string of the molecule is CC(=O)OC/C(C)=C\CC/C(C)=C/CCC1(C)C=Cc2c(c3ccccc3oc2=O)O1. The lowest BCUT2D eigenvalue weighted by Crippen LogP contribution is -2.33. The molecule has 2 aromatic rings. The highest BCUT2D eigenvalue weighted by Crippen LogP contribution is 2.37.